The van der Waals surface area contributed by atoms with E-state index < -0.39 is 11.7 Å². The summed E-state index contributed by atoms with van der Waals surface area (Å²) in [5.74, 6) is 0.501. The fourth-order valence-corrected chi connectivity index (χ4v) is 4.29. The van der Waals surface area contributed by atoms with Crippen LogP contribution in [0, 0.1) is 12.8 Å². The van der Waals surface area contributed by atoms with Crippen LogP contribution < -0.4 is 10.6 Å². The molecule has 2 aromatic carbocycles. The first-order valence-corrected chi connectivity index (χ1v) is 10.6. The summed E-state index contributed by atoms with van der Waals surface area (Å²) in [6.07, 6.45) is 1.27. The predicted molar refractivity (Wildman–Crippen MR) is 119 cm³/mol. The number of hydrogen-bond donors (Lipinski definition) is 2. The van der Waals surface area contributed by atoms with E-state index in [0.717, 1.165) is 23.4 Å². The Morgan fingerprint density at radius 3 is 2.59 bits per heavy atom. The van der Waals surface area contributed by atoms with Gasteiger partial charge in [-0.25, -0.2) is 4.79 Å². The number of amides is 1. The maximum atomic E-state index is 12.4. The highest BCUT2D eigenvalue weighted by molar-refractivity contribution is 6.31. The number of carbonyl (C=O) groups excluding carboxylic acids is 1. The van der Waals surface area contributed by atoms with Crippen molar-refractivity contribution < 1.29 is 9.53 Å². The van der Waals surface area contributed by atoms with E-state index in [1.54, 1.807) is 0 Å². The third-order valence-corrected chi connectivity index (χ3v) is 5.91. The second-order valence-electron chi connectivity index (χ2n) is 8.87. The summed E-state index contributed by atoms with van der Waals surface area (Å²) in [4.78, 5) is 12.4. The average molecular weight is 415 g/mol. The summed E-state index contributed by atoms with van der Waals surface area (Å²) >= 11 is 6.26. The summed E-state index contributed by atoms with van der Waals surface area (Å²) in [6, 6.07) is 14.9. The summed E-state index contributed by atoms with van der Waals surface area (Å²) < 4.78 is 5.47. The number of alkyl carbamates (subject to hydrolysis) is 1. The van der Waals surface area contributed by atoms with E-state index in [4.69, 9.17) is 16.3 Å². The summed E-state index contributed by atoms with van der Waals surface area (Å²) in [7, 11) is 1.88. The van der Waals surface area contributed by atoms with Gasteiger partial charge < -0.3 is 15.4 Å². The second kappa shape index (κ2) is 8.76. The first-order valence-electron chi connectivity index (χ1n) is 10.2. The van der Waals surface area contributed by atoms with Gasteiger partial charge in [-0.15, -0.1) is 0 Å². The lowest BCUT2D eigenvalue weighted by atomic mass is 9.73. The van der Waals surface area contributed by atoms with Crippen molar-refractivity contribution in [2.45, 2.75) is 58.2 Å². The predicted octanol–water partition coefficient (Wildman–Crippen LogP) is 5.41. The highest BCUT2D eigenvalue weighted by atomic mass is 35.5. The van der Waals surface area contributed by atoms with E-state index in [1.165, 1.54) is 16.7 Å². The van der Waals surface area contributed by atoms with Crippen LogP contribution in [0.1, 0.15) is 55.4 Å². The molecule has 156 valence electrons. The van der Waals surface area contributed by atoms with Gasteiger partial charge in [-0.2, -0.15) is 0 Å². The van der Waals surface area contributed by atoms with Crippen LogP contribution in [-0.4, -0.2) is 24.9 Å². The molecule has 29 heavy (non-hydrogen) atoms. The van der Waals surface area contributed by atoms with Crippen molar-refractivity contribution >= 4 is 17.7 Å². The molecule has 3 unspecified atom stereocenters. The van der Waals surface area contributed by atoms with Crippen LogP contribution >= 0.6 is 11.6 Å². The van der Waals surface area contributed by atoms with Crippen molar-refractivity contribution in [3.63, 3.8) is 0 Å². The Hall–Kier alpha value is -2.04. The van der Waals surface area contributed by atoms with Crippen LogP contribution in [0.3, 0.4) is 0 Å². The number of benzene rings is 2. The van der Waals surface area contributed by atoms with Crippen molar-refractivity contribution in [3.05, 3.63) is 69.7 Å². The van der Waals surface area contributed by atoms with Gasteiger partial charge in [-0.1, -0.05) is 48.0 Å². The number of fused-ring (bicyclic) bond motifs is 1. The highest BCUT2D eigenvalue weighted by Crippen LogP contribution is 2.40. The molecule has 5 heteroatoms. The molecule has 1 aliphatic rings. The number of ether oxygens (including phenoxy) is 1. The minimum atomic E-state index is -0.523. The van der Waals surface area contributed by atoms with Gasteiger partial charge in [0, 0.05) is 10.9 Å². The molecular weight excluding hydrogens is 384 g/mol. The topological polar surface area (TPSA) is 50.4 Å². The molecule has 0 aliphatic heterocycles. The number of rotatable bonds is 4. The van der Waals surface area contributed by atoms with Crippen LogP contribution in [0.2, 0.25) is 5.02 Å². The van der Waals surface area contributed by atoms with Gasteiger partial charge in [0.1, 0.15) is 5.60 Å². The van der Waals surface area contributed by atoms with E-state index in [0.29, 0.717) is 0 Å². The summed E-state index contributed by atoms with van der Waals surface area (Å²) in [5, 5.41) is 7.09. The van der Waals surface area contributed by atoms with Crippen LogP contribution in [-0.2, 0) is 11.2 Å². The van der Waals surface area contributed by atoms with Crippen LogP contribution in [0.15, 0.2) is 42.5 Å². The Morgan fingerprint density at radius 2 is 1.93 bits per heavy atom. The molecule has 3 atom stereocenters. The molecule has 0 aromatic heterocycles. The maximum Gasteiger partial charge on any atom is 0.408 e. The smallest absolute Gasteiger partial charge is 0.408 e. The van der Waals surface area contributed by atoms with E-state index in [1.807, 2.05) is 40.8 Å². The molecular formula is C24H31ClN2O2. The highest BCUT2D eigenvalue weighted by Gasteiger charge is 2.33. The molecule has 0 radical (unpaired) electrons. The zero-order valence-corrected chi connectivity index (χ0v) is 18.6. The van der Waals surface area contributed by atoms with Gasteiger partial charge in [0.15, 0.2) is 0 Å². The van der Waals surface area contributed by atoms with Crippen molar-refractivity contribution in [2.75, 3.05) is 7.05 Å². The molecule has 3 rings (SSSR count). The number of hydrogen-bond acceptors (Lipinski definition) is 3. The summed E-state index contributed by atoms with van der Waals surface area (Å²) in [5.41, 5.74) is 4.51. The van der Waals surface area contributed by atoms with Gasteiger partial charge in [-0.05, 0) is 81.8 Å². The lowest BCUT2D eigenvalue weighted by Crippen LogP contribution is -2.51. The standard InChI is InChI=1S/C24H31ClN2O2/c1-15-12-17(10-11-21(15)25)20-14-18(13-16-8-6-7-9-19(16)20)22(26-5)27-23(28)29-24(2,3)4/h6-12,18,20,22,26H,13-14H2,1-5H3,(H,27,28). The van der Waals surface area contributed by atoms with E-state index in [2.05, 4.69) is 47.0 Å². The van der Waals surface area contributed by atoms with Crippen LogP contribution in [0.5, 0.6) is 0 Å². The largest absolute Gasteiger partial charge is 0.444 e. The Balaban J connectivity index is 1.87. The Labute approximate surface area is 179 Å². The molecule has 0 saturated heterocycles. The fourth-order valence-electron chi connectivity index (χ4n) is 4.17. The third-order valence-electron chi connectivity index (χ3n) is 5.49. The Bertz CT molecular complexity index is 875. The summed E-state index contributed by atoms with van der Waals surface area (Å²) in [6.45, 7) is 7.66. The van der Waals surface area contributed by atoms with Crippen molar-refractivity contribution in [1.29, 1.82) is 0 Å². The number of carbonyl (C=O) groups is 1. The van der Waals surface area contributed by atoms with Gasteiger partial charge in [0.2, 0.25) is 0 Å². The normalized spacial score (nSPS) is 19.9. The van der Waals surface area contributed by atoms with Gasteiger partial charge in [-0.3, -0.25) is 0 Å². The van der Waals surface area contributed by atoms with Gasteiger partial charge in [0.05, 0.1) is 6.17 Å². The first-order chi connectivity index (χ1) is 13.7. The third kappa shape index (κ3) is 5.31. The lowest BCUT2D eigenvalue weighted by molar-refractivity contribution is 0.0469. The van der Waals surface area contributed by atoms with E-state index >= 15 is 0 Å². The monoisotopic (exact) mass is 414 g/mol. The molecule has 0 bridgehead atoms. The number of nitrogens with one attached hydrogen (secondary N) is 2. The van der Waals surface area contributed by atoms with Crippen LogP contribution in [0.25, 0.3) is 0 Å². The van der Waals surface area contributed by atoms with Gasteiger partial charge >= 0.3 is 6.09 Å². The molecule has 0 saturated carbocycles. The molecule has 2 aromatic rings. The Kier molecular flexibility index (Phi) is 6.55. The lowest BCUT2D eigenvalue weighted by Gasteiger charge is -2.37. The second-order valence-corrected chi connectivity index (χ2v) is 9.28. The number of halogens is 1. The SMILES string of the molecule is CNC(NC(=O)OC(C)(C)C)C1Cc2ccccc2C(c2ccc(Cl)c(C)c2)C1. The minimum Gasteiger partial charge on any atom is -0.444 e. The van der Waals surface area contributed by atoms with Crippen LogP contribution in [0.4, 0.5) is 4.79 Å². The molecule has 2 N–H and O–H groups in total. The quantitative estimate of drug-likeness (QED) is 0.657. The molecule has 1 amide bonds. The van der Waals surface area contributed by atoms with Crippen molar-refractivity contribution in [2.24, 2.45) is 5.92 Å². The van der Waals surface area contributed by atoms with E-state index in [-0.39, 0.29) is 18.0 Å². The zero-order chi connectivity index (χ0) is 21.2. The fraction of sp³-hybridized carbons (Fsp3) is 0.458. The molecule has 0 fully saturated rings. The average Bonchev–Trinajstić information content (AvgIpc) is 2.66. The zero-order valence-electron chi connectivity index (χ0n) is 17.9. The maximum absolute atomic E-state index is 12.4. The molecule has 0 spiro atoms. The first kappa shape index (κ1) is 21.7. The van der Waals surface area contributed by atoms with Crippen molar-refractivity contribution in [3.8, 4) is 0 Å². The number of aryl methyl sites for hydroxylation is 1. The minimum absolute atomic E-state index is 0.172. The van der Waals surface area contributed by atoms with Crippen molar-refractivity contribution in [1.82, 2.24) is 10.6 Å². The van der Waals surface area contributed by atoms with Gasteiger partial charge in [0.25, 0.3) is 0 Å². The molecule has 1 aliphatic carbocycles. The Morgan fingerprint density at radius 1 is 1.21 bits per heavy atom. The van der Waals surface area contributed by atoms with E-state index in [9.17, 15) is 4.79 Å². The molecule has 0 heterocycles. The molecule has 4 nitrogen and oxygen atoms in total.